The van der Waals surface area contributed by atoms with Gasteiger partial charge in [-0.15, -0.1) is 0 Å². The van der Waals surface area contributed by atoms with E-state index in [1.165, 1.54) is 36.5 Å². The largest absolute Gasteiger partial charge is 0.307 e. The molecule has 82 valence electrons. The first kappa shape index (κ1) is 10.5. The van der Waals surface area contributed by atoms with Crippen LogP contribution in [0.3, 0.4) is 0 Å². The molecule has 0 radical (unpaired) electrons. The van der Waals surface area contributed by atoms with Crippen molar-refractivity contribution in [1.29, 1.82) is 0 Å². The number of alkyl halides is 2. The Morgan fingerprint density at radius 3 is 2.38 bits per heavy atom. The Labute approximate surface area is 89.8 Å². The van der Waals surface area contributed by atoms with Crippen LogP contribution >= 0.6 is 0 Å². The van der Waals surface area contributed by atoms with Gasteiger partial charge in [-0.1, -0.05) is 24.3 Å². The van der Waals surface area contributed by atoms with Crippen molar-refractivity contribution in [3.8, 4) is 11.4 Å². The zero-order chi connectivity index (χ0) is 11.5. The number of H-pyrrole nitrogens is 1. The molecule has 3 nitrogen and oxygen atoms in total. The molecule has 2 aromatic rings. The third-order valence-electron chi connectivity index (χ3n) is 2.11. The molecule has 5 heteroatoms. The Balaban J connectivity index is 2.38. The van der Waals surface area contributed by atoms with Crippen LogP contribution in [0.25, 0.3) is 11.4 Å². The summed E-state index contributed by atoms with van der Waals surface area (Å²) in [4.78, 5) is 17.5. The van der Waals surface area contributed by atoms with Crippen LogP contribution in [0.4, 0.5) is 8.78 Å². The lowest BCUT2D eigenvalue weighted by Crippen LogP contribution is -2.05. The third kappa shape index (κ3) is 2.13. The van der Waals surface area contributed by atoms with Crippen molar-refractivity contribution >= 4 is 0 Å². The summed E-state index contributed by atoms with van der Waals surface area (Å²) in [5.41, 5.74) is 0.270. The molecule has 0 spiro atoms. The van der Waals surface area contributed by atoms with Crippen LogP contribution in [0.1, 0.15) is 12.0 Å². The van der Waals surface area contributed by atoms with Gasteiger partial charge < -0.3 is 4.98 Å². The van der Waals surface area contributed by atoms with E-state index < -0.39 is 6.43 Å². The van der Waals surface area contributed by atoms with Crippen LogP contribution in [-0.4, -0.2) is 9.97 Å². The van der Waals surface area contributed by atoms with Crippen LogP contribution in [-0.2, 0) is 0 Å². The highest BCUT2D eigenvalue weighted by Gasteiger charge is 2.07. The van der Waals surface area contributed by atoms with Crippen LogP contribution in [0.15, 0.2) is 41.3 Å². The van der Waals surface area contributed by atoms with Gasteiger partial charge in [0.05, 0.1) is 0 Å². The summed E-state index contributed by atoms with van der Waals surface area (Å²) < 4.78 is 24.6. The lowest BCUT2D eigenvalue weighted by Gasteiger charge is -2.02. The fraction of sp³-hybridized carbons (Fsp3) is 0.0909. The molecule has 1 aromatic heterocycles. The van der Waals surface area contributed by atoms with E-state index >= 15 is 0 Å². The molecule has 0 unspecified atom stereocenters. The SMILES string of the molecule is O=c1ccnc(-c2ccc(C(F)F)cc2)[nH]1. The van der Waals surface area contributed by atoms with Crippen molar-refractivity contribution in [2.24, 2.45) is 0 Å². The molecule has 0 saturated heterocycles. The van der Waals surface area contributed by atoms with E-state index in [9.17, 15) is 13.6 Å². The Morgan fingerprint density at radius 2 is 1.81 bits per heavy atom. The van der Waals surface area contributed by atoms with Crippen molar-refractivity contribution in [2.75, 3.05) is 0 Å². The zero-order valence-corrected chi connectivity index (χ0v) is 8.15. The van der Waals surface area contributed by atoms with Crippen molar-refractivity contribution in [3.63, 3.8) is 0 Å². The molecule has 0 fully saturated rings. The molecule has 0 aliphatic carbocycles. The smallest absolute Gasteiger partial charge is 0.263 e. The standard InChI is InChI=1S/C11H8F2N2O/c12-10(13)7-1-3-8(4-2-7)11-14-6-5-9(16)15-11/h1-6,10H,(H,14,15,16). The minimum Gasteiger partial charge on any atom is -0.307 e. The van der Waals surface area contributed by atoms with Crippen molar-refractivity contribution < 1.29 is 8.78 Å². The number of hydrogen-bond acceptors (Lipinski definition) is 2. The summed E-state index contributed by atoms with van der Waals surface area (Å²) in [6.45, 7) is 0. The highest BCUT2D eigenvalue weighted by atomic mass is 19.3. The van der Waals surface area contributed by atoms with E-state index in [0.717, 1.165) is 0 Å². The Kier molecular flexibility index (Phi) is 2.76. The van der Waals surface area contributed by atoms with Crippen molar-refractivity contribution in [2.45, 2.75) is 6.43 Å². The molecule has 1 heterocycles. The van der Waals surface area contributed by atoms with Gasteiger partial charge in [0.25, 0.3) is 12.0 Å². The quantitative estimate of drug-likeness (QED) is 0.847. The maximum absolute atomic E-state index is 12.3. The number of nitrogens with one attached hydrogen (secondary N) is 1. The highest BCUT2D eigenvalue weighted by Crippen LogP contribution is 2.21. The second kappa shape index (κ2) is 4.22. The van der Waals surface area contributed by atoms with Crippen LogP contribution < -0.4 is 5.56 Å². The third-order valence-corrected chi connectivity index (χ3v) is 2.11. The second-order valence-electron chi connectivity index (χ2n) is 3.21. The lowest BCUT2D eigenvalue weighted by molar-refractivity contribution is 0.151. The number of hydrogen-bond donors (Lipinski definition) is 1. The zero-order valence-electron chi connectivity index (χ0n) is 8.15. The molecule has 0 aliphatic rings. The average molecular weight is 222 g/mol. The van der Waals surface area contributed by atoms with Gasteiger partial charge in [0.1, 0.15) is 5.82 Å². The molecule has 0 bridgehead atoms. The van der Waals surface area contributed by atoms with Gasteiger partial charge in [0.15, 0.2) is 0 Å². The van der Waals surface area contributed by atoms with E-state index in [1.54, 1.807) is 0 Å². The predicted octanol–water partition coefficient (Wildman–Crippen LogP) is 2.37. The maximum atomic E-state index is 12.3. The summed E-state index contributed by atoms with van der Waals surface area (Å²) in [6, 6.07) is 6.91. The molecule has 0 atom stereocenters. The van der Waals surface area contributed by atoms with Crippen LogP contribution in [0.2, 0.25) is 0 Å². The van der Waals surface area contributed by atoms with E-state index in [-0.39, 0.29) is 11.1 Å². The number of nitrogens with zero attached hydrogens (tertiary/aromatic N) is 1. The monoisotopic (exact) mass is 222 g/mol. The summed E-state index contributed by atoms with van der Waals surface area (Å²) in [6.07, 6.45) is -1.12. The number of halogens is 2. The molecule has 0 amide bonds. The summed E-state index contributed by atoms with van der Waals surface area (Å²) in [5.74, 6) is 0.369. The topological polar surface area (TPSA) is 45.8 Å². The molecular formula is C11H8F2N2O. The number of rotatable bonds is 2. The van der Waals surface area contributed by atoms with Gasteiger partial charge in [0.2, 0.25) is 0 Å². The predicted molar refractivity (Wildman–Crippen MR) is 55.3 cm³/mol. The van der Waals surface area contributed by atoms with Gasteiger partial charge in [-0.2, -0.15) is 0 Å². The molecule has 2 rings (SSSR count). The first-order valence-corrected chi connectivity index (χ1v) is 4.60. The van der Waals surface area contributed by atoms with Crippen molar-refractivity contribution in [1.82, 2.24) is 9.97 Å². The fourth-order valence-electron chi connectivity index (χ4n) is 1.30. The fourth-order valence-corrected chi connectivity index (χ4v) is 1.30. The van der Waals surface area contributed by atoms with E-state index in [4.69, 9.17) is 0 Å². The van der Waals surface area contributed by atoms with Crippen LogP contribution in [0.5, 0.6) is 0 Å². The van der Waals surface area contributed by atoms with Gasteiger partial charge in [0, 0.05) is 23.4 Å². The van der Waals surface area contributed by atoms with Gasteiger partial charge >= 0.3 is 0 Å². The number of benzene rings is 1. The van der Waals surface area contributed by atoms with E-state index in [1.807, 2.05) is 0 Å². The second-order valence-corrected chi connectivity index (χ2v) is 3.21. The van der Waals surface area contributed by atoms with Gasteiger partial charge in [-0.05, 0) is 0 Å². The molecular weight excluding hydrogens is 214 g/mol. The number of aromatic nitrogens is 2. The molecule has 16 heavy (non-hydrogen) atoms. The summed E-state index contributed by atoms with van der Waals surface area (Å²) in [7, 11) is 0. The van der Waals surface area contributed by atoms with Crippen molar-refractivity contribution in [3.05, 3.63) is 52.4 Å². The first-order valence-electron chi connectivity index (χ1n) is 4.60. The maximum Gasteiger partial charge on any atom is 0.263 e. The summed E-state index contributed by atoms with van der Waals surface area (Å²) in [5, 5.41) is 0. The minimum absolute atomic E-state index is 0.0537. The molecule has 0 saturated carbocycles. The van der Waals surface area contributed by atoms with E-state index in [0.29, 0.717) is 11.4 Å². The number of aromatic amines is 1. The van der Waals surface area contributed by atoms with Gasteiger partial charge in [-0.3, -0.25) is 4.79 Å². The van der Waals surface area contributed by atoms with Crippen LogP contribution in [0, 0.1) is 0 Å². The Bertz CT molecular complexity index is 534. The summed E-state index contributed by atoms with van der Waals surface area (Å²) >= 11 is 0. The van der Waals surface area contributed by atoms with Gasteiger partial charge in [-0.25, -0.2) is 13.8 Å². The molecule has 1 aromatic carbocycles. The minimum atomic E-state index is -2.49. The molecule has 1 N–H and O–H groups in total. The first-order chi connectivity index (χ1) is 7.66. The Morgan fingerprint density at radius 1 is 1.12 bits per heavy atom. The Hall–Kier alpha value is -2.04. The lowest BCUT2D eigenvalue weighted by atomic mass is 10.1. The molecule has 0 aliphatic heterocycles. The normalized spacial score (nSPS) is 10.7. The average Bonchev–Trinajstić information content (AvgIpc) is 2.29. The van der Waals surface area contributed by atoms with E-state index in [2.05, 4.69) is 9.97 Å². The highest BCUT2D eigenvalue weighted by molar-refractivity contribution is 5.54.